The quantitative estimate of drug-likeness (QED) is 0.203. The first-order valence-corrected chi connectivity index (χ1v) is 11.6. The van der Waals surface area contributed by atoms with Crippen molar-refractivity contribution in [3.05, 3.63) is 52.6 Å². The Kier molecular flexibility index (Phi) is 10.4. The maximum absolute atomic E-state index is 13.2. The minimum Gasteiger partial charge on any atom is -0.464 e. The number of hydrogen-bond donors (Lipinski definition) is 2. The summed E-state index contributed by atoms with van der Waals surface area (Å²) >= 11 is 0. The molecule has 1 unspecified atom stereocenters. The second kappa shape index (κ2) is 13.2. The fraction of sp³-hybridized carbons (Fsp3) is 0.400. The number of aliphatic hydroxyl groups excluding tert-OH is 1. The Balaban J connectivity index is 2.41. The van der Waals surface area contributed by atoms with Crippen LogP contribution in [0.2, 0.25) is 0 Å². The number of rotatable bonds is 11. The van der Waals surface area contributed by atoms with Gasteiger partial charge in [0.25, 0.3) is 5.69 Å². The predicted molar refractivity (Wildman–Crippen MR) is 133 cm³/mol. The summed E-state index contributed by atoms with van der Waals surface area (Å²) in [4.78, 5) is 49.0. The van der Waals surface area contributed by atoms with Crippen LogP contribution >= 0.6 is 0 Å². The molecule has 0 heterocycles. The summed E-state index contributed by atoms with van der Waals surface area (Å²) in [7, 11) is 0. The third-order valence-electron chi connectivity index (χ3n) is 4.95. The molecule has 0 saturated heterocycles. The lowest BCUT2D eigenvalue weighted by Gasteiger charge is -2.27. The smallest absolute Gasteiger partial charge is 0.336 e. The van der Waals surface area contributed by atoms with Crippen LogP contribution in [0.25, 0.3) is 11.1 Å². The Morgan fingerprint density at radius 1 is 1.08 bits per heavy atom. The zero-order valence-corrected chi connectivity index (χ0v) is 20.7. The van der Waals surface area contributed by atoms with E-state index in [0.717, 1.165) is 0 Å². The monoisotopic (exact) mass is 501 g/mol. The van der Waals surface area contributed by atoms with Crippen LogP contribution in [0.3, 0.4) is 0 Å². The van der Waals surface area contributed by atoms with Crippen LogP contribution in [-0.2, 0) is 14.3 Å². The van der Waals surface area contributed by atoms with E-state index in [9.17, 15) is 29.6 Å². The molecule has 36 heavy (non-hydrogen) atoms. The van der Waals surface area contributed by atoms with Crippen LogP contribution in [0.4, 0.5) is 16.2 Å². The summed E-state index contributed by atoms with van der Waals surface area (Å²) in [6, 6.07) is 9.95. The second-order valence-corrected chi connectivity index (χ2v) is 8.34. The van der Waals surface area contributed by atoms with E-state index < -0.39 is 29.0 Å². The number of nitrogens with one attached hydrogen (secondary N) is 1. The molecule has 0 aliphatic carbocycles. The van der Waals surface area contributed by atoms with Gasteiger partial charge in [0.05, 0.1) is 23.8 Å². The van der Waals surface area contributed by atoms with Gasteiger partial charge >= 0.3 is 18.0 Å². The summed E-state index contributed by atoms with van der Waals surface area (Å²) in [5, 5.41) is 24.1. The van der Waals surface area contributed by atoms with E-state index in [2.05, 4.69) is 5.32 Å². The van der Waals surface area contributed by atoms with Gasteiger partial charge in [0.1, 0.15) is 0 Å². The molecule has 2 aromatic rings. The van der Waals surface area contributed by atoms with Crippen molar-refractivity contribution < 1.29 is 33.9 Å². The number of aliphatic hydroxyl groups is 1. The number of nitrogens with zero attached hydrogens (tertiary/aromatic N) is 2. The lowest BCUT2D eigenvalue weighted by molar-refractivity contribution is -0.384. The number of nitro groups is 1. The molecule has 0 aliphatic rings. The summed E-state index contributed by atoms with van der Waals surface area (Å²) in [5.74, 6) is -1.27. The Bertz CT molecular complexity index is 1100. The van der Waals surface area contributed by atoms with Crippen molar-refractivity contribution >= 4 is 29.3 Å². The summed E-state index contributed by atoms with van der Waals surface area (Å²) in [6.07, 6.45) is -1.44. The normalized spacial score (nSPS) is 11.5. The fourth-order valence-electron chi connectivity index (χ4n) is 3.29. The number of urea groups is 1. The predicted octanol–water partition coefficient (Wildman–Crippen LogP) is 3.99. The Morgan fingerprint density at radius 2 is 1.78 bits per heavy atom. The summed E-state index contributed by atoms with van der Waals surface area (Å²) in [6.45, 7) is 6.97. The maximum Gasteiger partial charge on any atom is 0.336 e. The number of carbonyl (C=O) groups excluding carboxylic acids is 3. The summed E-state index contributed by atoms with van der Waals surface area (Å²) < 4.78 is 10.2. The molecule has 0 radical (unpaired) electrons. The van der Waals surface area contributed by atoms with Crippen molar-refractivity contribution in [2.45, 2.75) is 40.2 Å². The van der Waals surface area contributed by atoms with Crippen molar-refractivity contribution in [3.8, 4) is 16.9 Å². The Morgan fingerprint density at radius 3 is 2.39 bits per heavy atom. The van der Waals surface area contributed by atoms with Gasteiger partial charge in [0.2, 0.25) is 0 Å². The first kappa shape index (κ1) is 28.2. The van der Waals surface area contributed by atoms with E-state index in [-0.39, 0.29) is 49.2 Å². The van der Waals surface area contributed by atoms with Gasteiger partial charge in [-0.1, -0.05) is 39.0 Å². The molecule has 0 aliphatic heterocycles. The zero-order valence-electron chi connectivity index (χ0n) is 20.7. The number of nitro benzene ring substituents is 1. The molecular weight excluding hydrogens is 470 g/mol. The SMILES string of the molecule is CCOC(=O)C(O)CN(CC(C)C)C(=O)Nc1cc(-c2cccc([N+](=O)[O-])c2)ccc1OC(=O)CC. The van der Waals surface area contributed by atoms with Gasteiger partial charge in [-0.15, -0.1) is 0 Å². The van der Waals surface area contributed by atoms with E-state index >= 15 is 0 Å². The van der Waals surface area contributed by atoms with E-state index in [1.165, 1.54) is 35.2 Å². The van der Waals surface area contributed by atoms with Gasteiger partial charge in [0.15, 0.2) is 11.9 Å². The molecule has 11 heteroatoms. The van der Waals surface area contributed by atoms with E-state index in [4.69, 9.17) is 9.47 Å². The molecule has 0 spiro atoms. The van der Waals surface area contributed by atoms with Crippen molar-refractivity contribution in [1.29, 1.82) is 0 Å². The van der Waals surface area contributed by atoms with Gasteiger partial charge in [-0.05, 0) is 36.1 Å². The van der Waals surface area contributed by atoms with Crippen LogP contribution in [0.1, 0.15) is 34.1 Å². The maximum atomic E-state index is 13.2. The highest BCUT2D eigenvalue weighted by atomic mass is 16.6. The highest BCUT2D eigenvalue weighted by molar-refractivity contribution is 5.93. The fourth-order valence-corrected chi connectivity index (χ4v) is 3.29. The summed E-state index contributed by atoms with van der Waals surface area (Å²) in [5.41, 5.74) is 1.10. The van der Waals surface area contributed by atoms with Crippen LogP contribution < -0.4 is 10.1 Å². The van der Waals surface area contributed by atoms with Gasteiger partial charge in [-0.2, -0.15) is 0 Å². The number of benzene rings is 2. The number of carbonyl (C=O) groups is 3. The molecule has 2 rings (SSSR count). The topological polar surface area (TPSA) is 148 Å². The first-order chi connectivity index (χ1) is 17.0. The molecule has 0 bridgehead atoms. The first-order valence-electron chi connectivity index (χ1n) is 11.6. The molecule has 2 N–H and O–H groups in total. The highest BCUT2D eigenvalue weighted by Gasteiger charge is 2.25. The molecule has 0 saturated carbocycles. The standard InChI is InChI=1S/C25H31N3O8/c1-5-23(30)36-22-11-10-18(17-8-7-9-19(12-17)28(33)34)13-20(22)26-25(32)27(14-16(3)4)15-21(29)24(31)35-6-2/h7-13,16,21,29H,5-6,14-15H2,1-4H3,(H,26,32). The molecule has 0 aromatic heterocycles. The van der Waals surface area contributed by atoms with E-state index in [1.807, 2.05) is 13.8 Å². The van der Waals surface area contributed by atoms with Crippen molar-refractivity contribution in [2.75, 3.05) is 25.0 Å². The van der Waals surface area contributed by atoms with Crippen LogP contribution in [-0.4, -0.2) is 58.7 Å². The molecule has 11 nitrogen and oxygen atoms in total. The Labute approximate surface area is 209 Å². The van der Waals surface area contributed by atoms with Crippen molar-refractivity contribution in [2.24, 2.45) is 5.92 Å². The average molecular weight is 502 g/mol. The molecule has 0 fully saturated rings. The highest BCUT2D eigenvalue weighted by Crippen LogP contribution is 2.33. The van der Waals surface area contributed by atoms with Crippen LogP contribution in [0.15, 0.2) is 42.5 Å². The number of hydrogen-bond acceptors (Lipinski definition) is 8. The van der Waals surface area contributed by atoms with E-state index in [1.54, 1.807) is 26.0 Å². The largest absolute Gasteiger partial charge is 0.464 e. The van der Waals surface area contributed by atoms with Gasteiger partial charge < -0.3 is 24.8 Å². The number of ether oxygens (including phenoxy) is 2. The average Bonchev–Trinajstić information content (AvgIpc) is 2.84. The zero-order chi connectivity index (χ0) is 26.8. The minimum atomic E-state index is -1.54. The van der Waals surface area contributed by atoms with Crippen molar-refractivity contribution in [3.63, 3.8) is 0 Å². The number of anilines is 1. The molecule has 1 atom stereocenters. The lowest BCUT2D eigenvalue weighted by atomic mass is 10.0. The molecule has 2 aromatic carbocycles. The number of esters is 2. The third kappa shape index (κ3) is 8.05. The third-order valence-corrected chi connectivity index (χ3v) is 4.95. The number of amides is 2. The van der Waals surface area contributed by atoms with Crippen molar-refractivity contribution in [1.82, 2.24) is 4.90 Å². The second-order valence-electron chi connectivity index (χ2n) is 8.34. The number of non-ortho nitro benzene ring substituents is 1. The Hall–Kier alpha value is -3.99. The van der Waals surface area contributed by atoms with Gasteiger partial charge in [-0.25, -0.2) is 9.59 Å². The van der Waals surface area contributed by atoms with Crippen LogP contribution in [0.5, 0.6) is 5.75 Å². The molecular formula is C25H31N3O8. The van der Waals surface area contributed by atoms with Gasteiger partial charge in [-0.3, -0.25) is 14.9 Å². The minimum absolute atomic E-state index is 0.0127. The molecule has 2 amide bonds. The molecule has 194 valence electrons. The van der Waals surface area contributed by atoms with Crippen LogP contribution in [0, 0.1) is 16.0 Å². The lowest BCUT2D eigenvalue weighted by Crippen LogP contribution is -2.45. The van der Waals surface area contributed by atoms with Gasteiger partial charge in [0, 0.05) is 25.1 Å². The van der Waals surface area contributed by atoms with E-state index in [0.29, 0.717) is 11.1 Å².